The van der Waals surface area contributed by atoms with Crippen LogP contribution in [0.1, 0.15) is 0 Å². The van der Waals surface area contributed by atoms with Crippen molar-refractivity contribution >= 4 is 65.4 Å². The summed E-state index contributed by atoms with van der Waals surface area (Å²) in [6, 6.07) is 72.3. The average Bonchev–Trinajstić information content (AvgIpc) is 4.00. The van der Waals surface area contributed by atoms with Crippen LogP contribution in [0.5, 0.6) is 0 Å². The molecule has 0 unspecified atom stereocenters. The van der Waals surface area contributed by atoms with Crippen LogP contribution in [0, 0.1) is 0 Å². The predicted octanol–water partition coefficient (Wildman–Crippen LogP) is 13.6. The van der Waals surface area contributed by atoms with Crippen LogP contribution in [0.25, 0.3) is 117 Å². The molecule has 0 N–H and O–H groups in total. The second-order valence-corrected chi connectivity index (χ2v) is 15.8. The number of benzene rings is 8. The highest BCUT2D eigenvalue weighted by atomic mass is 15.2. The number of aromatic nitrogens is 7. The molecular weight excluding hydrogens is 771 g/mol. The highest BCUT2D eigenvalue weighted by molar-refractivity contribution is 6.14. The molecule has 8 aromatic carbocycles. The Labute approximate surface area is 361 Å². The first-order valence-corrected chi connectivity index (χ1v) is 21.2. The number of nitrogens with zero attached hydrogens (tertiary/aromatic N) is 7. The van der Waals surface area contributed by atoms with Gasteiger partial charge in [-0.2, -0.15) is 0 Å². The zero-order chi connectivity index (χ0) is 41.4. The summed E-state index contributed by atoms with van der Waals surface area (Å²) in [5.74, 6) is 2.46. The summed E-state index contributed by atoms with van der Waals surface area (Å²) < 4.78 is 7.16. The van der Waals surface area contributed by atoms with Gasteiger partial charge in [0.15, 0.2) is 23.3 Å². The molecule has 7 heteroatoms. The van der Waals surface area contributed by atoms with E-state index < -0.39 is 0 Å². The topological polar surface area (TPSA) is 66.3 Å². The van der Waals surface area contributed by atoms with E-state index in [0.29, 0.717) is 17.5 Å². The third-order valence-corrected chi connectivity index (χ3v) is 12.3. The molecule has 0 fully saturated rings. The molecule has 0 aliphatic rings. The Balaban J connectivity index is 1.28. The monoisotopic (exact) mass is 805 g/mol. The molecule has 0 radical (unpaired) electrons. The van der Waals surface area contributed by atoms with E-state index in [4.69, 9.17) is 19.9 Å². The normalized spacial score (nSPS) is 11.8. The Hall–Kier alpha value is -8.68. The van der Waals surface area contributed by atoms with Crippen LogP contribution >= 0.6 is 0 Å². The number of hydrogen-bond donors (Lipinski definition) is 0. The minimum Gasteiger partial charge on any atom is -0.306 e. The van der Waals surface area contributed by atoms with Crippen molar-refractivity contribution in [2.75, 3.05) is 0 Å². The largest absolute Gasteiger partial charge is 0.306 e. The first-order valence-electron chi connectivity index (χ1n) is 21.2. The van der Waals surface area contributed by atoms with E-state index >= 15 is 0 Å². The molecule has 0 spiro atoms. The molecule has 0 bridgehead atoms. The fourth-order valence-electron chi connectivity index (χ4n) is 9.65. The van der Waals surface area contributed by atoms with Crippen molar-refractivity contribution < 1.29 is 0 Å². The van der Waals surface area contributed by atoms with E-state index in [1.807, 2.05) is 42.6 Å². The summed E-state index contributed by atoms with van der Waals surface area (Å²) in [5, 5.41) is 6.91. The number of pyridine rings is 1. The fraction of sp³-hybridized carbons (Fsp3) is 0. The van der Waals surface area contributed by atoms with E-state index in [-0.39, 0.29) is 0 Å². The van der Waals surface area contributed by atoms with Crippen LogP contribution in [0.4, 0.5) is 0 Å². The van der Waals surface area contributed by atoms with Crippen LogP contribution in [0.15, 0.2) is 212 Å². The highest BCUT2D eigenvalue weighted by Crippen LogP contribution is 2.45. The van der Waals surface area contributed by atoms with E-state index in [1.165, 1.54) is 0 Å². The molecule has 294 valence electrons. The van der Waals surface area contributed by atoms with Crippen LogP contribution in [-0.2, 0) is 0 Å². The van der Waals surface area contributed by atoms with Crippen molar-refractivity contribution in [3.63, 3.8) is 0 Å². The summed E-state index contributed by atoms with van der Waals surface area (Å²) in [4.78, 5) is 21.5. The molecule has 0 atom stereocenters. The van der Waals surface area contributed by atoms with Crippen molar-refractivity contribution in [1.29, 1.82) is 0 Å². The summed E-state index contributed by atoms with van der Waals surface area (Å²) in [6.45, 7) is 0. The molecule has 0 saturated carbocycles. The highest BCUT2D eigenvalue weighted by Gasteiger charge is 2.29. The van der Waals surface area contributed by atoms with Gasteiger partial charge in [-0.1, -0.05) is 170 Å². The molecule has 7 nitrogen and oxygen atoms in total. The molecule has 63 heavy (non-hydrogen) atoms. The molecule has 0 amide bonds. The Kier molecular flexibility index (Phi) is 7.77. The van der Waals surface area contributed by atoms with Crippen LogP contribution in [0.2, 0.25) is 0 Å². The van der Waals surface area contributed by atoms with Gasteiger partial charge in [-0.3, -0.25) is 4.57 Å². The van der Waals surface area contributed by atoms with Gasteiger partial charge in [0.2, 0.25) is 0 Å². The number of fused-ring (bicyclic) bond motifs is 9. The van der Waals surface area contributed by atoms with Crippen LogP contribution in [0.3, 0.4) is 0 Å². The van der Waals surface area contributed by atoms with Gasteiger partial charge in [0.25, 0.3) is 0 Å². The molecular formula is C56H35N7. The smallest absolute Gasteiger partial charge is 0.167 e. The summed E-state index contributed by atoms with van der Waals surface area (Å²) >= 11 is 0. The first kappa shape index (κ1) is 35.1. The standard InChI is InChI=1S/C56H35N7/c1-3-19-36(20-4-1)53-58-54(37-21-5-2-6-22-37)60-55(59-53)44-35-57-56(63-49-33-17-11-27-42(49)43-28-12-18-34-50(43)63)52(62-47-31-15-9-25-40(47)41-26-10-16-32-48(41)62)51(44)61-45-29-13-7-23-38(45)39-24-8-14-30-46(39)61/h1-35H. The molecule has 5 heterocycles. The zero-order valence-electron chi connectivity index (χ0n) is 33.8. The third-order valence-electron chi connectivity index (χ3n) is 12.3. The SMILES string of the molecule is c1ccc(-c2nc(-c3ccccc3)nc(-c3cnc(-n4c5ccccc5c5ccccc54)c(-n4c5ccccc5c5ccccc54)c3-n3c4ccccc4c4ccccc43)n2)cc1. The second-order valence-electron chi connectivity index (χ2n) is 15.8. The summed E-state index contributed by atoms with van der Waals surface area (Å²) in [7, 11) is 0. The first-order chi connectivity index (χ1) is 31.3. The van der Waals surface area contributed by atoms with Crippen molar-refractivity contribution in [2.45, 2.75) is 0 Å². The average molecular weight is 806 g/mol. The lowest BCUT2D eigenvalue weighted by atomic mass is 10.1. The third kappa shape index (κ3) is 5.33. The maximum atomic E-state index is 5.63. The Morgan fingerprint density at radius 3 is 0.952 bits per heavy atom. The van der Waals surface area contributed by atoms with Crippen LogP contribution in [-0.4, -0.2) is 33.6 Å². The summed E-state index contributed by atoms with van der Waals surface area (Å²) in [6.07, 6.45) is 1.98. The van der Waals surface area contributed by atoms with Gasteiger partial charge in [0.1, 0.15) is 5.69 Å². The maximum Gasteiger partial charge on any atom is 0.167 e. The number of para-hydroxylation sites is 6. The lowest BCUT2D eigenvalue weighted by molar-refractivity contribution is 0.989. The molecule has 0 aliphatic heterocycles. The predicted molar refractivity (Wildman–Crippen MR) is 257 cm³/mol. The Morgan fingerprint density at radius 2 is 0.571 bits per heavy atom. The minimum atomic E-state index is 0.517. The minimum absolute atomic E-state index is 0.517. The van der Waals surface area contributed by atoms with Gasteiger partial charge in [0.05, 0.1) is 44.4 Å². The van der Waals surface area contributed by atoms with Gasteiger partial charge in [0, 0.05) is 49.6 Å². The lowest BCUT2D eigenvalue weighted by Crippen LogP contribution is -2.13. The fourth-order valence-corrected chi connectivity index (χ4v) is 9.65. The maximum absolute atomic E-state index is 5.63. The van der Waals surface area contributed by atoms with Crippen molar-refractivity contribution in [3.8, 4) is 51.4 Å². The number of rotatable bonds is 6. The summed E-state index contributed by atoms with van der Waals surface area (Å²) in [5.41, 5.74) is 10.7. The Bertz CT molecular complexity index is 3700. The number of hydrogen-bond acceptors (Lipinski definition) is 4. The lowest BCUT2D eigenvalue weighted by Gasteiger charge is -2.23. The van der Waals surface area contributed by atoms with Crippen molar-refractivity contribution in [2.24, 2.45) is 0 Å². The van der Waals surface area contributed by atoms with Crippen LogP contribution < -0.4 is 0 Å². The van der Waals surface area contributed by atoms with E-state index in [1.54, 1.807) is 0 Å². The van der Waals surface area contributed by atoms with E-state index in [9.17, 15) is 0 Å². The van der Waals surface area contributed by atoms with Gasteiger partial charge < -0.3 is 9.13 Å². The van der Waals surface area contributed by atoms with Crippen molar-refractivity contribution in [1.82, 2.24) is 33.6 Å². The molecule has 13 aromatic rings. The van der Waals surface area contributed by atoms with Crippen molar-refractivity contribution in [3.05, 3.63) is 212 Å². The zero-order valence-corrected chi connectivity index (χ0v) is 33.8. The van der Waals surface area contributed by atoms with Gasteiger partial charge in [-0.15, -0.1) is 0 Å². The quantitative estimate of drug-likeness (QED) is 0.168. The molecule has 0 aliphatic carbocycles. The van der Waals surface area contributed by atoms with Gasteiger partial charge in [-0.05, 0) is 36.4 Å². The van der Waals surface area contributed by atoms with Gasteiger partial charge >= 0.3 is 0 Å². The Morgan fingerprint density at radius 1 is 0.270 bits per heavy atom. The second kappa shape index (κ2) is 13.9. The molecule has 5 aromatic heterocycles. The molecule has 0 saturated heterocycles. The van der Waals surface area contributed by atoms with Gasteiger partial charge in [-0.25, -0.2) is 19.9 Å². The van der Waals surface area contributed by atoms with E-state index in [0.717, 1.165) is 99.3 Å². The molecule has 13 rings (SSSR count). The van der Waals surface area contributed by atoms with E-state index in [2.05, 4.69) is 184 Å².